The van der Waals surface area contributed by atoms with Crippen LogP contribution in [0, 0.1) is 0 Å². The molecule has 1 unspecified atom stereocenters. The first-order valence-corrected chi connectivity index (χ1v) is 7.64. The van der Waals surface area contributed by atoms with Crippen molar-refractivity contribution < 1.29 is 4.79 Å². The van der Waals surface area contributed by atoms with Gasteiger partial charge in [-0.25, -0.2) is 0 Å². The highest BCUT2D eigenvalue weighted by atomic mass is 16.1. The molecule has 1 amide bonds. The summed E-state index contributed by atoms with van der Waals surface area (Å²) in [6.45, 7) is 9.55. The SMILES string of the molecule is CCNC(=O)CC(CN)N1CCN(CCN(C)C)CC1. The van der Waals surface area contributed by atoms with Gasteiger partial charge in [0.2, 0.25) is 5.91 Å². The lowest BCUT2D eigenvalue weighted by atomic mass is 10.1. The van der Waals surface area contributed by atoms with Crippen LogP contribution in [-0.2, 0) is 4.79 Å². The number of hydrogen-bond acceptors (Lipinski definition) is 5. The quantitative estimate of drug-likeness (QED) is 0.600. The maximum atomic E-state index is 11.7. The summed E-state index contributed by atoms with van der Waals surface area (Å²) in [5.74, 6) is 0.109. The van der Waals surface area contributed by atoms with Crippen molar-refractivity contribution in [2.75, 3.05) is 66.5 Å². The zero-order chi connectivity index (χ0) is 15.0. The molecule has 0 aromatic carbocycles. The van der Waals surface area contributed by atoms with E-state index in [0.29, 0.717) is 19.5 Å². The molecule has 1 heterocycles. The Hall–Kier alpha value is -0.690. The Morgan fingerprint density at radius 2 is 1.95 bits per heavy atom. The lowest BCUT2D eigenvalue weighted by Gasteiger charge is -2.39. The van der Waals surface area contributed by atoms with Crippen LogP contribution in [0.5, 0.6) is 0 Å². The molecule has 0 bridgehead atoms. The second-order valence-electron chi connectivity index (χ2n) is 5.73. The lowest BCUT2D eigenvalue weighted by molar-refractivity contribution is -0.122. The highest BCUT2D eigenvalue weighted by Gasteiger charge is 2.24. The van der Waals surface area contributed by atoms with Gasteiger partial charge < -0.3 is 16.0 Å². The smallest absolute Gasteiger partial charge is 0.221 e. The maximum Gasteiger partial charge on any atom is 0.221 e. The van der Waals surface area contributed by atoms with Gasteiger partial charge in [0.25, 0.3) is 0 Å². The Balaban J connectivity index is 2.32. The van der Waals surface area contributed by atoms with E-state index in [9.17, 15) is 4.79 Å². The van der Waals surface area contributed by atoms with Crippen molar-refractivity contribution in [3.05, 3.63) is 0 Å². The van der Waals surface area contributed by atoms with Gasteiger partial charge in [-0.05, 0) is 21.0 Å². The van der Waals surface area contributed by atoms with Gasteiger partial charge in [0, 0.05) is 64.8 Å². The molecule has 0 aromatic rings. The van der Waals surface area contributed by atoms with E-state index in [0.717, 1.165) is 39.3 Å². The minimum atomic E-state index is 0.109. The fraction of sp³-hybridized carbons (Fsp3) is 0.929. The molecule has 0 saturated carbocycles. The van der Waals surface area contributed by atoms with Crippen LogP contribution >= 0.6 is 0 Å². The summed E-state index contributed by atoms with van der Waals surface area (Å²) >= 11 is 0. The Bertz CT molecular complexity index is 277. The van der Waals surface area contributed by atoms with Gasteiger partial charge in [-0.1, -0.05) is 0 Å². The number of nitrogens with two attached hydrogens (primary N) is 1. The zero-order valence-corrected chi connectivity index (χ0v) is 13.3. The monoisotopic (exact) mass is 285 g/mol. The Kier molecular flexibility index (Phi) is 8.06. The third kappa shape index (κ3) is 6.17. The van der Waals surface area contributed by atoms with Crippen LogP contribution in [0.25, 0.3) is 0 Å². The molecule has 0 radical (unpaired) electrons. The van der Waals surface area contributed by atoms with E-state index in [4.69, 9.17) is 5.73 Å². The lowest BCUT2D eigenvalue weighted by Crippen LogP contribution is -2.54. The molecule has 0 aliphatic carbocycles. The number of hydrogen-bond donors (Lipinski definition) is 2. The fourth-order valence-corrected chi connectivity index (χ4v) is 2.54. The molecule has 6 heteroatoms. The summed E-state index contributed by atoms with van der Waals surface area (Å²) < 4.78 is 0. The second-order valence-corrected chi connectivity index (χ2v) is 5.73. The summed E-state index contributed by atoms with van der Waals surface area (Å²) in [7, 11) is 4.21. The van der Waals surface area contributed by atoms with Crippen molar-refractivity contribution in [3.63, 3.8) is 0 Å². The van der Waals surface area contributed by atoms with Crippen molar-refractivity contribution in [3.8, 4) is 0 Å². The van der Waals surface area contributed by atoms with Crippen LogP contribution in [0.1, 0.15) is 13.3 Å². The summed E-state index contributed by atoms with van der Waals surface area (Å²) in [4.78, 5) is 18.7. The van der Waals surface area contributed by atoms with Crippen LogP contribution in [0.4, 0.5) is 0 Å². The molecule has 20 heavy (non-hydrogen) atoms. The molecule has 118 valence electrons. The van der Waals surface area contributed by atoms with Crippen LogP contribution in [0.3, 0.4) is 0 Å². The molecule has 1 rings (SSSR count). The van der Waals surface area contributed by atoms with Crippen molar-refractivity contribution >= 4 is 5.91 Å². The van der Waals surface area contributed by atoms with Gasteiger partial charge in [0.05, 0.1) is 0 Å². The second kappa shape index (κ2) is 9.28. The molecule has 3 N–H and O–H groups in total. The number of nitrogens with one attached hydrogen (secondary N) is 1. The summed E-state index contributed by atoms with van der Waals surface area (Å²) in [5.41, 5.74) is 5.84. The van der Waals surface area contributed by atoms with Gasteiger partial charge in [0.1, 0.15) is 0 Å². The van der Waals surface area contributed by atoms with E-state index in [1.54, 1.807) is 0 Å². The van der Waals surface area contributed by atoms with Gasteiger partial charge in [-0.3, -0.25) is 14.6 Å². The predicted octanol–water partition coefficient (Wildman–Crippen LogP) is -0.981. The van der Waals surface area contributed by atoms with Crippen LogP contribution < -0.4 is 11.1 Å². The fourth-order valence-electron chi connectivity index (χ4n) is 2.54. The molecule has 1 fully saturated rings. The van der Waals surface area contributed by atoms with Crippen molar-refractivity contribution in [1.29, 1.82) is 0 Å². The number of piperazine rings is 1. The topological polar surface area (TPSA) is 64.8 Å². The number of nitrogens with zero attached hydrogens (tertiary/aromatic N) is 3. The largest absolute Gasteiger partial charge is 0.356 e. The minimum Gasteiger partial charge on any atom is -0.356 e. The van der Waals surface area contributed by atoms with Gasteiger partial charge in [-0.2, -0.15) is 0 Å². The molecular weight excluding hydrogens is 254 g/mol. The van der Waals surface area contributed by atoms with E-state index in [1.165, 1.54) is 0 Å². The van der Waals surface area contributed by atoms with Gasteiger partial charge in [0.15, 0.2) is 0 Å². The van der Waals surface area contributed by atoms with E-state index in [-0.39, 0.29) is 11.9 Å². The standard InChI is InChI=1S/C14H31N5O/c1-4-16-14(20)11-13(12-15)19-9-7-18(8-10-19)6-5-17(2)3/h13H,4-12,15H2,1-3H3,(H,16,20). The normalized spacial score (nSPS) is 19.2. The maximum absolute atomic E-state index is 11.7. The molecule has 1 aliphatic heterocycles. The van der Waals surface area contributed by atoms with Crippen molar-refractivity contribution in [2.24, 2.45) is 5.73 Å². The molecule has 0 aromatic heterocycles. The Labute approximate surface area is 123 Å². The van der Waals surface area contributed by atoms with Crippen LogP contribution in [-0.4, -0.2) is 93.1 Å². The first-order valence-electron chi connectivity index (χ1n) is 7.64. The Morgan fingerprint density at radius 3 is 2.45 bits per heavy atom. The average Bonchev–Trinajstić information content (AvgIpc) is 2.43. The molecule has 0 spiro atoms. The highest BCUT2D eigenvalue weighted by Crippen LogP contribution is 2.08. The predicted molar refractivity (Wildman–Crippen MR) is 82.7 cm³/mol. The third-order valence-corrected chi connectivity index (χ3v) is 3.85. The molecule has 6 nitrogen and oxygen atoms in total. The zero-order valence-electron chi connectivity index (χ0n) is 13.3. The minimum absolute atomic E-state index is 0.109. The number of rotatable bonds is 8. The van der Waals surface area contributed by atoms with E-state index < -0.39 is 0 Å². The Morgan fingerprint density at radius 1 is 1.30 bits per heavy atom. The molecule has 1 atom stereocenters. The highest BCUT2D eigenvalue weighted by molar-refractivity contribution is 5.76. The number of likely N-dealkylation sites (N-methyl/N-ethyl adjacent to an activating group) is 1. The van der Waals surface area contributed by atoms with Crippen molar-refractivity contribution in [2.45, 2.75) is 19.4 Å². The van der Waals surface area contributed by atoms with Gasteiger partial charge in [-0.15, -0.1) is 0 Å². The van der Waals surface area contributed by atoms with Crippen molar-refractivity contribution in [1.82, 2.24) is 20.0 Å². The molecule has 1 aliphatic rings. The number of carbonyl (C=O) groups is 1. The third-order valence-electron chi connectivity index (χ3n) is 3.85. The number of carbonyl (C=O) groups excluding carboxylic acids is 1. The first kappa shape index (κ1) is 17.4. The summed E-state index contributed by atoms with van der Waals surface area (Å²) in [6, 6.07) is 0.178. The number of amides is 1. The average molecular weight is 285 g/mol. The van der Waals surface area contributed by atoms with Crippen LogP contribution in [0.15, 0.2) is 0 Å². The van der Waals surface area contributed by atoms with Gasteiger partial charge >= 0.3 is 0 Å². The molecule has 1 saturated heterocycles. The first-order chi connectivity index (χ1) is 9.56. The van der Waals surface area contributed by atoms with E-state index in [1.807, 2.05) is 6.92 Å². The van der Waals surface area contributed by atoms with E-state index in [2.05, 4.69) is 34.1 Å². The summed E-state index contributed by atoms with van der Waals surface area (Å²) in [5, 5.41) is 2.85. The summed E-state index contributed by atoms with van der Waals surface area (Å²) in [6.07, 6.45) is 0.516. The van der Waals surface area contributed by atoms with Crippen LogP contribution in [0.2, 0.25) is 0 Å². The van der Waals surface area contributed by atoms with E-state index >= 15 is 0 Å². The molecular formula is C14H31N5O.